The molecule has 58 heavy (non-hydrogen) atoms. The van der Waals surface area contributed by atoms with Crippen LogP contribution in [0.1, 0.15) is 22.3 Å². The van der Waals surface area contributed by atoms with E-state index in [9.17, 15) is 52.7 Å². The van der Waals surface area contributed by atoms with Crippen LogP contribution in [0.4, 0.5) is 75.4 Å². The average Bonchev–Trinajstić information content (AvgIpc) is 3.14. The molecule has 0 spiro atoms. The summed E-state index contributed by atoms with van der Waals surface area (Å²) < 4.78 is 178. The topological polar surface area (TPSA) is 82.5 Å². The lowest BCUT2D eigenvalue weighted by Gasteiger charge is -2.38. The van der Waals surface area contributed by atoms with E-state index in [1.165, 1.54) is 0 Å². The molecule has 0 atom stereocenters. The molecule has 0 aliphatic heterocycles. The summed E-state index contributed by atoms with van der Waals surface area (Å²) in [6, 6.07) is 29.1. The lowest BCUT2D eigenvalue weighted by atomic mass is 9.73. The summed E-state index contributed by atoms with van der Waals surface area (Å²) in [7, 11) is 0. The van der Waals surface area contributed by atoms with Gasteiger partial charge in [0.05, 0.1) is 0 Å². The van der Waals surface area contributed by atoms with E-state index < -0.39 is 75.4 Å². The van der Waals surface area contributed by atoms with Gasteiger partial charge in [-0.3, -0.25) is 0 Å². The molecule has 0 unspecified atom stereocenters. The SMILES string of the molecule is Nc1ccc(Oc2ccc(C(c3ccc(Oc4ccc(N)cc4C(F)(F)F)cc3)(C(F)(F)F)C(F)(F)F)cc2)c(C(F)(F)F)c1.c1ccc(Nc2ccccc2)cc1. The van der Waals surface area contributed by atoms with Crippen LogP contribution in [0.3, 0.4) is 0 Å². The molecule has 0 aliphatic carbocycles. The van der Waals surface area contributed by atoms with Gasteiger partial charge in [-0.2, -0.15) is 52.7 Å². The zero-order chi connectivity index (χ0) is 42.5. The first-order valence-corrected chi connectivity index (χ1v) is 16.6. The van der Waals surface area contributed by atoms with Gasteiger partial charge < -0.3 is 26.3 Å². The Hall–Kier alpha value is -6.52. The van der Waals surface area contributed by atoms with Crippen molar-refractivity contribution in [3.8, 4) is 23.0 Å². The fraction of sp³-hybridized carbons (Fsp3) is 0.122. The molecule has 0 fully saturated rings. The first-order chi connectivity index (χ1) is 27.1. The molecule has 304 valence electrons. The third kappa shape index (κ3) is 9.70. The van der Waals surface area contributed by atoms with Crippen molar-refractivity contribution in [2.45, 2.75) is 30.1 Å². The summed E-state index contributed by atoms with van der Waals surface area (Å²) in [5.41, 5.74) is 2.30. The zero-order valence-corrected chi connectivity index (χ0v) is 29.4. The molecule has 0 saturated heterocycles. The third-order valence-corrected chi connectivity index (χ3v) is 8.33. The Morgan fingerprint density at radius 2 is 0.724 bits per heavy atom. The van der Waals surface area contributed by atoms with Crippen molar-refractivity contribution < 1.29 is 62.2 Å². The second-order valence-corrected chi connectivity index (χ2v) is 12.4. The van der Waals surface area contributed by atoms with Gasteiger partial charge in [0.2, 0.25) is 5.41 Å². The van der Waals surface area contributed by atoms with Crippen LogP contribution in [-0.4, -0.2) is 12.4 Å². The molecule has 0 radical (unpaired) electrons. The molecule has 0 heterocycles. The monoisotopic (exact) mass is 823 g/mol. The smallest absolute Gasteiger partial charge is 0.420 e. The molecular weight excluding hydrogens is 794 g/mol. The molecule has 6 aromatic rings. The van der Waals surface area contributed by atoms with E-state index in [0.717, 1.165) is 35.6 Å². The number of benzene rings is 6. The van der Waals surface area contributed by atoms with Gasteiger partial charge in [0.15, 0.2) is 0 Å². The summed E-state index contributed by atoms with van der Waals surface area (Å²) in [6.07, 6.45) is -22.0. The number of anilines is 4. The number of hydrogen-bond acceptors (Lipinski definition) is 5. The van der Waals surface area contributed by atoms with Gasteiger partial charge in [0.1, 0.15) is 34.1 Å². The van der Waals surface area contributed by atoms with E-state index in [2.05, 4.69) is 5.32 Å². The van der Waals surface area contributed by atoms with Crippen molar-refractivity contribution in [1.29, 1.82) is 0 Å². The number of halogens is 12. The average molecular weight is 824 g/mol. The first kappa shape index (κ1) is 42.6. The van der Waals surface area contributed by atoms with E-state index >= 15 is 0 Å². The van der Waals surface area contributed by atoms with Gasteiger partial charge in [-0.15, -0.1) is 0 Å². The van der Waals surface area contributed by atoms with Crippen molar-refractivity contribution in [2.75, 3.05) is 16.8 Å². The normalized spacial score (nSPS) is 12.3. The molecule has 0 aromatic heterocycles. The van der Waals surface area contributed by atoms with E-state index in [-0.39, 0.29) is 11.4 Å². The largest absolute Gasteiger partial charge is 0.457 e. The maximum Gasteiger partial charge on any atom is 0.420 e. The molecule has 5 nitrogen and oxygen atoms in total. The molecule has 5 N–H and O–H groups in total. The predicted molar refractivity (Wildman–Crippen MR) is 194 cm³/mol. The Morgan fingerprint density at radius 1 is 0.397 bits per heavy atom. The molecule has 0 saturated carbocycles. The number of nitrogens with one attached hydrogen (secondary N) is 1. The van der Waals surface area contributed by atoms with Gasteiger partial charge >= 0.3 is 24.7 Å². The van der Waals surface area contributed by atoms with Crippen LogP contribution in [0.15, 0.2) is 146 Å². The van der Waals surface area contributed by atoms with Crippen LogP contribution in [0.5, 0.6) is 23.0 Å². The van der Waals surface area contributed by atoms with Gasteiger partial charge in [-0.1, -0.05) is 60.7 Å². The second-order valence-electron chi connectivity index (χ2n) is 12.4. The maximum absolute atomic E-state index is 14.5. The van der Waals surface area contributed by atoms with Crippen molar-refractivity contribution in [3.05, 3.63) is 168 Å². The molecule has 17 heteroatoms. The summed E-state index contributed by atoms with van der Waals surface area (Å²) in [4.78, 5) is 0. The number of ether oxygens (including phenoxy) is 2. The minimum atomic E-state index is -6.04. The van der Waals surface area contributed by atoms with Crippen LogP contribution in [0.2, 0.25) is 0 Å². The molecule has 6 rings (SSSR count). The van der Waals surface area contributed by atoms with Crippen molar-refractivity contribution >= 4 is 22.7 Å². The molecule has 6 aromatic carbocycles. The number of hydrogen-bond donors (Lipinski definition) is 3. The van der Waals surface area contributed by atoms with Crippen LogP contribution >= 0.6 is 0 Å². The quantitative estimate of drug-likeness (QED) is 0.105. The standard InChI is InChI=1S/C29H18F12N2O2.C12H11N/c30-26(31,32)21-13-17(42)5-11-23(21)44-19-7-1-15(2-8-19)25(28(36,37)38,29(39,40)41)16-3-9-20(10-4-16)45-24-12-6-18(43)14-22(24)27(33,34)35;1-3-7-11(8-4-1)13-12-9-5-2-6-10-12/h1-14H,42-43H2;1-10,13H. The Morgan fingerprint density at radius 3 is 1.02 bits per heavy atom. The minimum absolute atomic E-state index is 0.282. The Balaban J connectivity index is 0.000000414. The highest BCUT2D eigenvalue weighted by atomic mass is 19.4. The lowest BCUT2D eigenvalue weighted by Crippen LogP contribution is -2.54. The van der Waals surface area contributed by atoms with Crippen LogP contribution < -0.4 is 26.3 Å². The summed E-state index contributed by atoms with van der Waals surface area (Å²) >= 11 is 0. The van der Waals surface area contributed by atoms with Crippen molar-refractivity contribution in [2.24, 2.45) is 0 Å². The highest BCUT2D eigenvalue weighted by Gasteiger charge is 2.72. The highest BCUT2D eigenvalue weighted by Crippen LogP contribution is 2.56. The molecular formula is C41H29F12N3O2. The number of rotatable bonds is 8. The first-order valence-electron chi connectivity index (χ1n) is 16.6. The Kier molecular flexibility index (Phi) is 12.1. The number of nitrogens with two attached hydrogens (primary N) is 2. The summed E-state index contributed by atoms with van der Waals surface area (Å²) in [5.74, 6) is -2.68. The zero-order valence-electron chi connectivity index (χ0n) is 29.4. The van der Waals surface area contributed by atoms with Gasteiger partial charge in [-0.05, 0) is 96.1 Å². The number of nitrogen functional groups attached to an aromatic ring is 2. The molecule has 0 aliphatic rings. The Labute approximate surface area is 322 Å². The van der Waals surface area contributed by atoms with E-state index in [1.54, 1.807) is 0 Å². The number of para-hydroxylation sites is 2. The van der Waals surface area contributed by atoms with E-state index in [0.29, 0.717) is 60.7 Å². The van der Waals surface area contributed by atoms with E-state index in [1.807, 2.05) is 60.7 Å². The predicted octanol–water partition coefficient (Wildman–Crippen LogP) is 13.3. The van der Waals surface area contributed by atoms with Crippen molar-refractivity contribution in [3.63, 3.8) is 0 Å². The highest BCUT2D eigenvalue weighted by molar-refractivity contribution is 5.59. The Bertz CT molecular complexity index is 2110. The maximum atomic E-state index is 14.5. The van der Waals surface area contributed by atoms with Crippen LogP contribution in [0.25, 0.3) is 0 Å². The second kappa shape index (κ2) is 16.5. The number of alkyl halides is 12. The summed E-state index contributed by atoms with van der Waals surface area (Å²) in [5, 5.41) is 3.30. The fourth-order valence-electron chi connectivity index (χ4n) is 5.71. The van der Waals surface area contributed by atoms with E-state index in [4.69, 9.17) is 20.9 Å². The van der Waals surface area contributed by atoms with Crippen LogP contribution in [0, 0.1) is 0 Å². The summed E-state index contributed by atoms with van der Waals surface area (Å²) in [6.45, 7) is 0. The lowest BCUT2D eigenvalue weighted by molar-refractivity contribution is -0.288. The van der Waals surface area contributed by atoms with Gasteiger partial charge in [-0.25, -0.2) is 0 Å². The molecule has 0 amide bonds. The van der Waals surface area contributed by atoms with Gasteiger partial charge in [0, 0.05) is 22.7 Å². The van der Waals surface area contributed by atoms with Crippen LogP contribution in [-0.2, 0) is 17.8 Å². The fourth-order valence-corrected chi connectivity index (χ4v) is 5.71. The molecule has 0 bridgehead atoms. The third-order valence-electron chi connectivity index (χ3n) is 8.33. The van der Waals surface area contributed by atoms with Crippen molar-refractivity contribution in [1.82, 2.24) is 0 Å². The van der Waals surface area contributed by atoms with Gasteiger partial charge in [0.25, 0.3) is 0 Å². The minimum Gasteiger partial charge on any atom is -0.457 e.